The Balaban J connectivity index is 1.88. The molecule has 0 radical (unpaired) electrons. The van der Waals surface area contributed by atoms with Gasteiger partial charge in [-0.25, -0.2) is 9.78 Å². The maximum absolute atomic E-state index is 12.8. The van der Waals surface area contributed by atoms with Gasteiger partial charge in [0.25, 0.3) is 5.56 Å². The first kappa shape index (κ1) is 17.2. The number of fused-ring (bicyclic) bond motifs is 3. The first-order valence-electron chi connectivity index (χ1n) is 9.80. The number of aryl methyl sites for hydroxylation is 1. The van der Waals surface area contributed by atoms with Crippen molar-refractivity contribution in [3.05, 3.63) is 26.7 Å². The minimum atomic E-state index is -0.280. The predicted molar refractivity (Wildman–Crippen MR) is 98.4 cm³/mol. The lowest BCUT2D eigenvalue weighted by Crippen LogP contribution is -2.40. The standard InChI is InChI=1S/C19H26N4O3/c1-3-7-22-17-15(18(25)23(8-4-2)19(22)26)20-16(21-17)14-11-5-6-12(14)10-13(24)9-11/h11-12,14H,3-10H2,1-2H3,(H,20,21). The summed E-state index contributed by atoms with van der Waals surface area (Å²) in [7, 11) is 0. The first-order valence-corrected chi connectivity index (χ1v) is 9.80. The van der Waals surface area contributed by atoms with Crippen LogP contribution in [0.25, 0.3) is 11.2 Å². The van der Waals surface area contributed by atoms with Crippen LogP contribution in [0.5, 0.6) is 0 Å². The van der Waals surface area contributed by atoms with E-state index in [1.54, 1.807) is 4.57 Å². The third-order valence-electron chi connectivity index (χ3n) is 5.99. The number of rotatable bonds is 5. The number of Topliss-reactive ketones (excluding diaryl/α,β-unsaturated/α-hetero) is 1. The number of imidazole rings is 1. The number of ketones is 1. The molecule has 2 atom stereocenters. The Hall–Kier alpha value is -2.18. The molecule has 0 aromatic carbocycles. The van der Waals surface area contributed by atoms with Crippen LogP contribution in [0.4, 0.5) is 0 Å². The average molecular weight is 358 g/mol. The van der Waals surface area contributed by atoms with Gasteiger partial charge in [-0.15, -0.1) is 0 Å². The molecule has 7 heteroatoms. The summed E-state index contributed by atoms with van der Waals surface area (Å²) in [5.41, 5.74) is 0.349. The van der Waals surface area contributed by atoms with Crippen LogP contribution in [0, 0.1) is 11.8 Å². The Morgan fingerprint density at radius 3 is 2.23 bits per heavy atom. The highest BCUT2D eigenvalue weighted by Gasteiger charge is 2.44. The number of carbonyl (C=O) groups excluding carboxylic acids is 1. The summed E-state index contributed by atoms with van der Waals surface area (Å²) in [6.45, 7) is 4.91. The quantitative estimate of drug-likeness (QED) is 0.887. The summed E-state index contributed by atoms with van der Waals surface area (Å²) >= 11 is 0. The van der Waals surface area contributed by atoms with Crippen molar-refractivity contribution in [3.63, 3.8) is 0 Å². The van der Waals surface area contributed by atoms with Crippen LogP contribution in [0.15, 0.2) is 9.59 Å². The molecule has 2 fully saturated rings. The molecule has 2 heterocycles. The smallest absolute Gasteiger partial charge is 0.332 e. The summed E-state index contributed by atoms with van der Waals surface area (Å²) in [4.78, 5) is 45.5. The van der Waals surface area contributed by atoms with Gasteiger partial charge in [-0.2, -0.15) is 0 Å². The third kappa shape index (κ3) is 2.56. The van der Waals surface area contributed by atoms with Crippen LogP contribution < -0.4 is 11.2 Å². The van der Waals surface area contributed by atoms with E-state index in [1.165, 1.54) is 4.57 Å². The highest BCUT2D eigenvalue weighted by atomic mass is 16.2. The van der Waals surface area contributed by atoms with Gasteiger partial charge >= 0.3 is 5.69 Å². The van der Waals surface area contributed by atoms with Gasteiger partial charge in [0.05, 0.1) is 0 Å². The van der Waals surface area contributed by atoms with Gasteiger partial charge in [-0.05, 0) is 37.5 Å². The lowest BCUT2D eigenvalue weighted by Gasteiger charge is -2.27. The van der Waals surface area contributed by atoms with Crippen molar-refractivity contribution >= 4 is 16.9 Å². The number of aromatic amines is 1. The van der Waals surface area contributed by atoms with Crippen molar-refractivity contribution in [2.24, 2.45) is 11.8 Å². The van der Waals surface area contributed by atoms with E-state index in [0.29, 0.717) is 54.7 Å². The Bertz CT molecular complexity index is 952. The van der Waals surface area contributed by atoms with Crippen molar-refractivity contribution in [3.8, 4) is 0 Å². The second-order valence-corrected chi connectivity index (χ2v) is 7.78. The largest absolute Gasteiger partial charge is 0.336 e. The van der Waals surface area contributed by atoms with Gasteiger partial charge in [-0.3, -0.25) is 18.7 Å². The summed E-state index contributed by atoms with van der Waals surface area (Å²) in [6, 6.07) is 0. The van der Waals surface area contributed by atoms with Crippen molar-refractivity contribution in [1.29, 1.82) is 0 Å². The van der Waals surface area contributed by atoms with E-state index in [0.717, 1.165) is 31.5 Å². The SMILES string of the molecule is CCCn1c(=O)c2[nH]c(C3C4CCC3CC(=O)C4)nc2n(CCC)c1=O. The zero-order valence-electron chi connectivity index (χ0n) is 15.5. The Labute approximate surface area is 151 Å². The van der Waals surface area contributed by atoms with Crippen molar-refractivity contribution in [2.75, 3.05) is 0 Å². The molecule has 0 amide bonds. The molecule has 0 saturated heterocycles. The van der Waals surface area contributed by atoms with Gasteiger partial charge < -0.3 is 4.98 Å². The topological polar surface area (TPSA) is 89.8 Å². The molecule has 2 unspecified atom stereocenters. The fraction of sp³-hybridized carbons (Fsp3) is 0.684. The van der Waals surface area contributed by atoms with E-state index in [2.05, 4.69) is 4.98 Å². The molecule has 2 aliphatic carbocycles. The normalized spacial score (nSPS) is 25.3. The number of aromatic nitrogens is 4. The number of nitrogens with zero attached hydrogens (tertiary/aromatic N) is 3. The molecule has 2 aliphatic rings. The molecule has 0 aliphatic heterocycles. The molecule has 140 valence electrons. The number of hydrogen-bond acceptors (Lipinski definition) is 4. The second-order valence-electron chi connectivity index (χ2n) is 7.78. The Kier molecular flexibility index (Phi) is 4.32. The molecule has 7 nitrogen and oxygen atoms in total. The van der Waals surface area contributed by atoms with Crippen LogP contribution in [0.1, 0.15) is 64.1 Å². The summed E-state index contributed by atoms with van der Waals surface area (Å²) < 4.78 is 2.95. The van der Waals surface area contributed by atoms with E-state index >= 15 is 0 Å². The highest BCUT2D eigenvalue weighted by Crippen LogP contribution is 2.50. The molecular weight excluding hydrogens is 332 g/mol. The number of nitrogens with one attached hydrogen (secondary N) is 1. The van der Waals surface area contributed by atoms with E-state index in [-0.39, 0.29) is 17.2 Å². The lowest BCUT2D eigenvalue weighted by atomic mass is 9.77. The molecule has 2 aromatic rings. The lowest BCUT2D eigenvalue weighted by molar-refractivity contribution is -0.122. The van der Waals surface area contributed by atoms with Gasteiger partial charge in [0, 0.05) is 31.8 Å². The van der Waals surface area contributed by atoms with Crippen LogP contribution in [0.2, 0.25) is 0 Å². The molecular formula is C19H26N4O3. The maximum atomic E-state index is 12.8. The van der Waals surface area contributed by atoms with Gasteiger partial charge in [0.15, 0.2) is 5.65 Å². The van der Waals surface area contributed by atoms with E-state index < -0.39 is 0 Å². The minimum absolute atomic E-state index is 0.198. The van der Waals surface area contributed by atoms with Crippen molar-refractivity contribution in [2.45, 2.75) is 71.4 Å². The van der Waals surface area contributed by atoms with Crippen LogP contribution >= 0.6 is 0 Å². The van der Waals surface area contributed by atoms with Gasteiger partial charge in [-0.1, -0.05) is 13.8 Å². The fourth-order valence-electron chi connectivity index (χ4n) is 4.93. The Morgan fingerprint density at radius 1 is 1.00 bits per heavy atom. The van der Waals surface area contributed by atoms with E-state index in [9.17, 15) is 14.4 Å². The van der Waals surface area contributed by atoms with E-state index in [1.807, 2.05) is 13.8 Å². The molecule has 4 rings (SSSR count). The zero-order chi connectivity index (χ0) is 18.4. The molecule has 2 aromatic heterocycles. The van der Waals surface area contributed by atoms with Crippen molar-refractivity contribution < 1.29 is 4.79 Å². The number of hydrogen-bond donors (Lipinski definition) is 1. The second kappa shape index (κ2) is 6.52. The number of carbonyl (C=O) groups is 1. The predicted octanol–water partition coefficient (Wildman–Crippen LogP) is 2.18. The molecule has 2 saturated carbocycles. The monoisotopic (exact) mass is 358 g/mol. The first-order chi connectivity index (χ1) is 12.5. The van der Waals surface area contributed by atoms with Crippen LogP contribution in [-0.2, 0) is 17.9 Å². The fourth-order valence-corrected chi connectivity index (χ4v) is 4.93. The van der Waals surface area contributed by atoms with Gasteiger partial charge in [0.1, 0.15) is 17.1 Å². The maximum Gasteiger partial charge on any atom is 0.332 e. The zero-order valence-corrected chi connectivity index (χ0v) is 15.5. The summed E-state index contributed by atoms with van der Waals surface area (Å²) in [5, 5.41) is 0. The summed E-state index contributed by atoms with van der Waals surface area (Å²) in [5.74, 6) is 1.95. The average Bonchev–Trinajstić information content (AvgIpc) is 3.15. The van der Waals surface area contributed by atoms with E-state index in [4.69, 9.17) is 4.98 Å². The van der Waals surface area contributed by atoms with Crippen LogP contribution in [0.3, 0.4) is 0 Å². The summed E-state index contributed by atoms with van der Waals surface area (Å²) in [6.07, 6.45) is 4.83. The minimum Gasteiger partial charge on any atom is -0.336 e. The Morgan fingerprint density at radius 2 is 1.62 bits per heavy atom. The third-order valence-corrected chi connectivity index (χ3v) is 5.99. The van der Waals surface area contributed by atoms with Crippen molar-refractivity contribution in [1.82, 2.24) is 19.1 Å². The molecule has 1 N–H and O–H groups in total. The van der Waals surface area contributed by atoms with Crippen LogP contribution in [-0.4, -0.2) is 24.9 Å². The molecule has 2 bridgehead atoms. The van der Waals surface area contributed by atoms with Gasteiger partial charge in [0.2, 0.25) is 0 Å². The molecule has 0 spiro atoms. The molecule has 26 heavy (non-hydrogen) atoms. The highest BCUT2D eigenvalue weighted by molar-refractivity contribution is 5.80. The number of H-pyrrole nitrogens is 1.